The van der Waals surface area contributed by atoms with Gasteiger partial charge in [-0.25, -0.2) is 8.42 Å². The number of thioether (sulfide) groups is 1. The van der Waals surface area contributed by atoms with Crippen molar-refractivity contribution in [3.05, 3.63) is 42.5 Å². The molecular weight excluding hydrogens is 424 g/mol. The van der Waals surface area contributed by atoms with Crippen molar-refractivity contribution in [2.45, 2.75) is 41.7 Å². The highest BCUT2D eigenvalue weighted by atomic mass is 32.2. The van der Waals surface area contributed by atoms with Crippen molar-refractivity contribution in [1.29, 1.82) is 0 Å². The summed E-state index contributed by atoms with van der Waals surface area (Å²) in [5.74, 6) is -0.371. The molecule has 1 atom stereocenters. The highest BCUT2D eigenvalue weighted by Gasteiger charge is 2.23. The lowest BCUT2D eigenvalue weighted by Gasteiger charge is -2.12. The van der Waals surface area contributed by atoms with Crippen LogP contribution < -0.4 is 15.4 Å². The van der Waals surface area contributed by atoms with Crippen molar-refractivity contribution in [2.24, 2.45) is 0 Å². The third-order valence-electron chi connectivity index (χ3n) is 4.44. The van der Waals surface area contributed by atoms with Crippen LogP contribution >= 0.6 is 11.8 Å². The number of rotatable bonds is 7. The maximum Gasteiger partial charge on any atom is 0.225 e. The second kappa shape index (κ2) is 9.53. The number of carbonyl (C=O) groups excluding carboxylic acids is 2. The predicted octanol–water partition coefficient (Wildman–Crippen LogP) is 3.71. The van der Waals surface area contributed by atoms with Crippen LogP contribution in [0.5, 0.6) is 5.75 Å². The molecule has 30 heavy (non-hydrogen) atoms. The third kappa shape index (κ3) is 5.54. The zero-order chi connectivity index (χ0) is 21.7. The Labute approximate surface area is 180 Å². The van der Waals surface area contributed by atoms with Crippen molar-refractivity contribution >= 4 is 44.8 Å². The lowest BCUT2D eigenvalue weighted by Crippen LogP contribution is -2.18. The highest BCUT2D eigenvalue weighted by molar-refractivity contribution is 8.00. The van der Waals surface area contributed by atoms with E-state index in [9.17, 15) is 18.0 Å². The maximum absolute atomic E-state index is 12.8. The predicted molar refractivity (Wildman–Crippen MR) is 118 cm³/mol. The van der Waals surface area contributed by atoms with E-state index in [-0.39, 0.29) is 28.2 Å². The van der Waals surface area contributed by atoms with Gasteiger partial charge in [-0.3, -0.25) is 9.59 Å². The number of hydrogen-bond donors (Lipinski definition) is 2. The van der Waals surface area contributed by atoms with Gasteiger partial charge in [-0.05, 0) is 37.3 Å². The van der Waals surface area contributed by atoms with Gasteiger partial charge in [0, 0.05) is 23.0 Å². The third-order valence-corrected chi connectivity index (χ3v) is 7.34. The topological polar surface area (TPSA) is 102 Å². The standard InChI is InChI=1S/C21H24N2O5S2/c1-3-28-18-7-5-4-6-16(18)22-20(24)10-11-30(26,27)15-8-9-19-17(13-15)23-21(25)12-14(2)29-19/h4-9,13-14H,3,10-12H2,1-2H3,(H,22,24)(H,23,25)/t14-/m0/s1. The zero-order valence-corrected chi connectivity index (χ0v) is 18.4. The van der Waals surface area contributed by atoms with E-state index in [1.54, 1.807) is 30.3 Å². The van der Waals surface area contributed by atoms with Crippen LogP contribution in [-0.4, -0.2) is 37.8 Å². The summed E-state index contributed by atoms with van der Waals surface area (Å²) in [5.41, 5.74) is 0.992. The van der Waals surface area contributed by atoms with Gasteiger partial charge in [-0.1, -0.05) is 19.1 Å². The number of sulfone groups is 1. The monoisotopic (exact) mass is 448 g/mol. The normalized spacial score (nSPS) is 16.2. The van der Waals surface area contributed by atoms with Crippen LogP contribution in [0.2, 0.25) is 0 Å². The van der Waals surface area contributed by atoms with E-state index in [0.717, 1.165) is 4.90 Å². The van der Waals surface area contributed by atoms with Gasteiger partial charge < -0.3 is 15.4 Å². The van der Waals surface area contributed by atoms with E-state index in [4.69, 9.17) is 4.74 Å². The van der Waals surface area contributed by atoms with Crippen molar-refractivity contribution < 1.29 is 22.7 Å². The molecular formula is C21H24N2O5S2. The summed E-state index contributed by atoms with van der Waals surface area (Å²) in [5, 5.41) is 5.57. The molecule has 0 spiro atoms. The molecule has 2 aromatic carbocycles. The van der Waals surface area contributed by atoms with Gasteiger partial charge in [0.15, 0.2) is 9.84 Å². The Morgan fingerprint density at radius 2 is 2.03 bits per heavy atom. The van der Waals surface area contributed by atoms with Gasteiger partial charge in [0.2, 0.25) is 11.8 Å². The summed E-state index contributed by atoms with van der Waals surface area (Å²) in [7, 11) is -3.70. The Morgan fingerprint density at radius 1 is 1.27 bits per heavy atom. The Morgan fingerprint density at radius 3 is 2.80 bits per heavy atom. The van der Waals surface area contributed by atoms with Crippen molar-refractivity contribution in [1.82, 2.24) is 0 Å². The molecule has 0 bridgehead atoms. The molecule has 1 heterocycles. The Hall–Kier alpha value is -2.52. The molecule has 7 nitrogen and oxygen atoms in total. The van der Waals surface area contributed by atoms with E-state index >= 15 is 0 Å². The van der Waals surface area contributed by atoms with E-state index in [1.807, 2.05) is 13.8 Å². The lowest BCUT2D eigenvalue weighted by molar-refractivity contribution is -0.116. The first-order valence-corrected chi connectivity index (χ1v) is 12.2. The molecule has 9 heteroatoms. The van der Waals surface area contributed by atoms with Crippen LogP contribution in [0.3, 0.4) is 0 Å². The molecule has 0 fully saturated rings. The Bertz CT molecular complexity index is 1050. The molecule has 2 N–H and O–H groups in total. The van der Waals surface area contributed by atoms with Gasteiger partial charge in [0.25, 0.3) is 0 Å². The average Bonchev–Trinajstić information content (AvgIpc) is 2.83. The van der Waals surface area contributed by atoms with Crippen LogP contribution in [0.1, 0.15) is 26.7 Å². The molecule has 1 aliphatic heterocycles. The van der Waals surface area contributed by atoms with Crippen LogP contribution in [0.15, 0.2) is 52.3 Å². The number of anilines is 2. The number of carbonyl (C=O) groups is 2. The van der Waals surface area contributed by atoms with Gasteiger partial charge in [-0.2, -0.15) is 0 Å². The van der Waals surface area contributed by atoms with Crippen LogP contribution in [0.4, 0.5) is 11.4 Å². The van der Waals surface area contributed by atoms with Gasteiger partial charge in [0.1, 0.15) is 5.75 Å². The highest BCUT2D eigenvalue weighted by Crippen LogP contribution is 2.36. The van der Waals surface area contributed by atoms with Crippen LogP contribution in [0, 0.1) is 0 Å². The molecule has 0 radical (unpaired) electrons. The first-order valence-electron chi connectivity index (χ1n) is 9.63. The number of ether oxygens (including phenoxy) is 1. The number of fused-ring (bicyclic) bond motifs is 1. The minimum Gasteiger partial charge on any atom is -0.492 e. The molecule has 0 aliphatic carbocycles. The lowest BCUT2D eigenvalue weighted by atomic mass is 10.3. The van der Waals surface area contributed by atoms with Crippen LogP contribution in [-0.2, 0) is 19.4 Å². The summed E-state index contributed by atoms with van der Waals surface area (Å²) < 4.78 is 31.0. The summed E-state index contributed by atoms with van der Waals surface area (Å²) in [6.45, 7) is 4.24. The number of nitrogens with one attached hydrogen (secondary N) is 2. The van der Waals surface area contributed by atoms with Gasteiger partial charge >= 0.3 is 0 Å². The minimum atomic E-state index is -3.70. The van der Waals surface area contributed by atoms with Gasteiger partial charge in [0.05, 0.1) is 28.6 Å². The molecule has 0 saturated heterocycles. The van der Waals surface area contributed by atoms with Gasteiger partial charge in [-0.15, -0.1) is 11.8 Å². The molecule has 2 aromatic rings. The summed E-state index contributed by atoms with van der Waals surface area (Å²) in [6.07, 6.45) is 0.169. The largest absolute Gasteiger partial charge is 0.492 e. The number of benzene rings is 2. The maximum atomic E-state index is 12.8. The zero-order valence-electron chi connectivity index (χ0n) is 16.8. The number of amides is 2. The quantitative estimate of drug-likeness (QED) is 0.670. The second-order valence-electron chi connectivity index (χ2n) is 6.88. The van der Waals surface area contributed by atoms with E-state index in [0.29, 0.717) is 30.2 Å². The smallest absolute Gasteiger partial charge is 0.225 e. The number of hydrogen-bond acceptors (Lipinski definition) is 6. The van der Waals surface area contributed by atoms with E-state index in [2.05, 4.69) is 10.6 Å². The van der Waals surface area contributed by atoms with E-state index < -0.39 is 15.7 Å². The summed E-state index contributed by atoms with van der Waals surface area (Å²) in [4.78, 5) is 25.2. The first kappa shape index (κ1) is 22.2. The summed E-state index contributed by atoms with van der Waals surface area (Å²) in [6, 6.07) is 11.7. The second-order valence-corrected chi connectivity index (χ2v) is 10.5. The fraction of sp³-hybridized carbons (Fsp3) is 0.333. The average molecular weight is 449 g/mol. The molecule has 3 rings (SSSR count). The molecule has 0 unspecified atom stereocenters. The fourth-order valence-electron chi connectivity index (χ4n) is 3.03. The first-order chi connectivity index (χ1) is 14.3. The van der Waals surface area contributed by atoms with Crippen molar-refractivity contribution in [2.75, 3.05) is 23.0 Å². The SMILES string of the molecule is CCOc1ccccc1NC(=O)CCS(=O)(=O)c1ccc2c(c1)NC(=O)C[C@H](C)S2. The number of para-hydroxylation sites is 2. The van der Waals surface area contributed by atoms with E-state index in [1.165, 1.54) is 23.9 Å². The molecule has 2 amide bonds. The van der Waals surface area contributed by atoms with Crippen molar-refractivity contribution in [3.8, 4) is 5.75 Å². The van der Waals surface area contributed by atoms with Crippen molar-refractivity contribution in [3.63, 3.8) is 0 Å². The Kier molecular flexibility index (Phi) is 7.04. The molecule has 1 aliphatic rings. The fourth-order valence-corrected chi connectivity index (χ4v) is 5.35. The molecule has 0 aromatic heterocycles. The molecule has 160 valence electrons. The van der Waals surface area contributed by atoms with Crippen LogP contribution in [0.25, 0.3) is 0 Å². The summed E-state index contributed by atoms with van der Waals surface area (Å²) >= 11 is 1.53. The minimum absolute atomic E-state index is 0.0826. The Balaban J connectivity index is 1.68. The molecule has 0 saturated carbocycles.